The zero-order valence-electron chi connectivity index (χ0n) is 13.5. The fourth-order valence-corrected chi connectivity index (χ4v) is 4.08. The second-order valence-corrected chi connectivity index (χ2v) is 6.84. The molecule has 0 bridgehead atoms. The predicted molar refractivity (Wildman–Crippen MR) is 94.5 cm³/mol. The van der Waals surface area contributed by atoms with Crippen LogP contribution in [0, 0.1) is 0 Å². The number of nitrogens with one attached hydrogen (secondary N) is 1. The van der Waals surface area contributed by atoms with E-state index in [9.17, 15) is 4.79 Å². The second kappa shape index (κ2) is 6.32. The molecule has 4 rings (SSSR count). The molecule has 0 aliphatic heterocycles. The Balaban J connectivity index is 1.73. The lowest BCUT2D eigenvalue weighted by atomic mass is 10.2. The minimum absolute atomic E-state index is 0.170. The Labute approximate surface area is 144 Å². The number of aromatic nitrogens is 4. The Kier molecular flexibility index (Phi) is 4.02. The van der Waals surface area contributed by atoms with Crippen molar-refractivity contribution in [3.05, 3.63) is 34.8 Å². The number of carbonyl (C=O) groups excluding carboxylic acids is 1. The lowest BCUT2D eigenvalue weighted by Gasteiger charge is -2.16. The van der Waals surface area contributed by atoms with Crippen molar-refractivity contribution in [3.8, 4) is 0 Å². The van der Waals surface area contributed by atoms with Crippen LogP contribution in [0.5, 0.6) is 0 Å². The summed E-state index contributed by atoms with van der Waals surface area (Å²) in [5.74, 6) is 0.458. The van der Waals surface area contributed by atoms with Crippen LogP contribution in [-0.4, -0.2) is 25.0 Å². The number of anilines is 1. The Bertz CT molecular complexity index is 878. The van der Waals surface area contributed by atoms with Crippen molar-refractivity contribution in [1.82, 2.24) is 19.1 Å². The maximum Gasteiger partial charge on any atom is 0.271 e. The topological polar surface area (TPSA) is 72.7 Å². The number of imidazole rings is 1. The molecule has 1 aliphatic rings. The van der Waals surface area contributed by atoms with E-state index in [-0.39, 0.29) is 5.91 Å². The van der Waals surface area contributed by atoms with Gasteiger partial charge in [0.25, 0.3) is 5.91 Å². The maximum atomic E-state index is 12.7. The summed E-state index contributed by atoms with van der Waals surface area (Å²) >= 11 is 1.14. The first-order valence-corrected chi connectivity index (χ1v) is 9.14. The Hall–Kier alpha value is -2.28. The van der Waals surface area contributed by atoms with E-state index in [1.165, 1.54) is 12.8 Å². The van der Waals surface area contributed by atoms with Gasteiger partial charge in [0.1, 0.15) is 4.88 Å². The first kappa shape index (κ1) is 15.3. The number of fused-ring (bicyclic) bond motifs is 1. The molecule has 1 aromatic carbocycles. The van der Waals surface area contributed by atoms with E-state index in [0.29, 0.717) is 23.3 Å². The summed E-state index contributed by atoms with van der Waals surface area (Å²) in [6, 6.07) is 8.45. The van der Waals surface area contributed by atoms with Gasteiger partial charge in [0.05, 0.1) is 16.7 Å². The van der Waals surface area contributed by atoms with Crippen LogP contribution in [-0.2, 0) is 6.42 Å². The SMILES string of the molecule is CCc1nnsc1C(=O)Nc1nc2ccccc2n1C1CCCC1. The van der Waals surface area contributed by atoms with Crippen LogP contribution in [0.15, 0.2) is 24.3 Å². The van der Waals surface area contributed by atoms with Crippen molar-refractivity contribution >= 4 is 34.4 Å². The highest BCUT2D eigenvalue weighted by molar-refractivity contribution is 7.08. The number of rotatable bonds is 4. The molecule has 3 aromatic rings. The number of hydrogen-bond donors (Lipinski definition) is 1. The molecule has 6 nitrogen and oxygen atoms in total. The van der Waals surface area contributed by atoms with Crippen LogP contribution in [0.2, 0.25) is 0 Å². The van der Waals surface area contributed by atoms with E-state index in [1.54, 1.807) is 0 Å². The summed E-state index contributed by atoms with van der Waals surface area (Å²) in [4.78, 5) is 17.9. The first-order chi connectivity index (χ1) is 11.8. The number of benzene rings is 1. The van der Waals surface area contributed by atoms with Crippen molar-refractivity contribution in [1.29, 1.82) is 0 Å². The molecule has 1 saturated carbocycles. The molecule has 1 fully saturated rings. The summed E-state index contributed by atoms with van der Waals surface area (Å²) in [7, 11) is 0. The third-order valence-corrected chi connectivity index (χ3v) is 5.37. The summed E-state index contributed by atoms with van der Waals surface area (Å²) < 4.78 is 6.10. The average Bonchev–Trinajstić information content (AvgIpc) is 3.32. The van der Waals surface area contributed by atoms with Gasteiger partial charge in [0.15, 0.2) is 0 Å². The number of carbonyl (C=O) groups is 1. The summed E-state index contributed by atoms with van der Waals surface area (Å²) in [6.45, 7) is 1.97. The van der Waals surface area contributed by atoms with Crippen LogP contribution in [0.1, 0.15) is 54.0 Å². The van der Waals surface area contributed by atoms with Crippen molar-refractivity contribution in [2.45, 2.75) is 45.1 Å². The highest BCUT2D eigenvalue weighted by Gasteiger charge is 2.24. The van der Waals surface area contributed by atoms with Gasteiger partial charge in [0.2, 0.25) is 5.95 Å². The van der Waals surface area contributed by atoms with E-state index in [4.69, 9.17) is 0 Å². The maximum absolute atomic E-state index is 12.7. The molecular formula is C17H19N5OS. The molecule has 2 heterocycles. The smallest absolute Gasteiger partial charge is 0.271 e. The molecular weight excluding hydrogens is 322 g/mol. The highest BCUT2D eigenvalue weighted by atomic mass is 32.1. The summed E-state index contributed by atoms with van der Waals surface area (Å²) in [5, 5.41) is 7.02. The number of hydrogen-bond acceptors (Lipinski definition) is 5. The number of aryl methyl sites for hydroxylation is 1. The van der Waals surface area contributed by atoms with Crippen molar-refractivity contribution < 1.29 is 4.79 Å². The van der Waals surface area contributed by atoms with Crippen LogP contribution in [0.3, 0.4) is 0 Å². The van der Waals surface area contributed by atoms with Gasteiger partial charge in [-0.3, -0.25) is 10.1 Å². The molecule has 0 radical (unpaired) electrons. The number of nitrogens with zero attached hydrogens (tertiary/aromatic N) is 4. The minimum atomic E-state index is -0.170. The first-order valence-electron chi connectivity index (χ1n) is 8.37. The van der Waals surface area contributed by atoms with Gasteiger partial charge in [-0.15, -0.1) is 5.10 Å². The van der Waals surface area contributed by atoms with Crippen molar-refractivity contribution in [2.24, 2.45) is 0 Å². The zero-order chi connectivity index (χ0) is 16.5. The van der Waals surface area contributed by atoms with Crippen molar-refractivity contribution in [3.63, 3.8) is 0 Å². The van der Waals surface area contributed by atoms with E-state index in [1.807, 2.05) is 25.1 Å². The molecule has 124 valence electrons. The van der Waals surface area contributed by atoms with Gasteiger partial charge < -0.3 is 4.57 Å². The van der Waals surface area contributed by atoms with Gasteiger partial charge in [0, 0.05) is 6.04 Å². The van der Waals surface area contributed by atoms with Gasteiger partial charge in [-0.25, -0.2) is 4.98 Å². The fourth-order valence-electron chi connectivity index (χ4n) is 3.44. The molecule has 7 heteroatoms. The second-order valence-electron chi connectivity index (χ2n) is 6.09. The van der Waals surface area contributed by atoms with E-state index >= 15 is 0 Å². The van der Waals surface area contributed by atoms with Gasteiger partial charge in [-0.05, 0) is 42.9 Å². The van der Waals surface area contributed by atoms with Crippen LogP contribution in [0.25, 0.3) is 11.0 Å². The normalized spacial score (nSPS) is 15.2. The lowest BCUT2D eigenvalue weighted by Crippen LogP contribution is -2.18. The molecule has 0 unspecified atom stereocenters. The quantitative estimate of drug-likeness (QED) is 0.783. The van der Waals surface area contributed by atoms with E-state index in [2.05, 4.69) is 30.5 Å². The minimum Gasteiger partial charge on any atom is -0.307 e. The van der Waals surface area contributed by atoms with Gasteiger partial charge >= 0.3 is 0 Å². The molecule has 0 spiro atoms. The van der Waals surface area contributed by atoms with E-state index in [0.717, 1.165) is 41.1 Å². The molecule has 1 aliphatic carbocycles. The van der Waals surface area contributed by atoms with Crippen LogP contribution >= 0.6 is 11.5 Å². The Morgan fingerprint density at radius 3 is 2.92 bits per heavy atom. The Morgan fingerprint density at radius 1 is 1.33 bits per heavy atom. The number of para-hydroxylation sites is 2. The molecule has 0 saturated heterocycles. The van der Waals surface area contributed by atoms with Crippen LogP contribution in [0.4, 0.5) is 5.95 Å². The summed E-state index contributed by atoms with van der Waals surface area (Å²) in [6.07, 6.45) is 5.40. The monoisotopic (exact) mass is 341 g/mol. The fraction of sp³-hybridized carbons (Fsp3) is 0.412. The third-order valence-electron chi connectivity index (χ3n) is 4.61. The number of amides is 1. The van der Waals surface area contributed by atoms with Gasteiger partial charge in [-0.1, -0.05) is 36.4 Å². The highest BCUT2D eigenvalue weighted by Crippen LogP contribution is 2.35. The van der Waals surface area contributed by atoms with Crippen molar-refractivity contribution in [2.75, 3.05) is 5.32 Å². The standard InChI is InChI=1S/C17H19N5OS/c1-2-12-15(24-21-20-12)16(23)19-17-18-13-9-5-6-10-14(13)22(17)11-7-3-4-8-11/h5-6,9-11H,2-4,7-8H2,1H3,(H,18,19,23). The Morgan fingerprint density at radius 2 is 2.12 bits per heavy atom. The van der Waals surface area contributed by atoms with Crippen LogP contribution < -0.4 is 5.32 Å². The lowest BCUT2D eigenvalue weighted by molar-refractivity contribution is 0.102. The molecule has 0 atom stereocenters. The molecule has 1 N–H and O–H groups in total. The third kappa shape index (κ3) is 2.58. The van der Waals surface area contributed by atoms with E-state index < -0.39 is 0 Å². The van der Waals surface area contributed by atoms with Gasteiger partial charge in [-0.2, -0.15) is 0 Å². The molecule has 2 aromatic heterocycles. The average molecular weight is 341 g/mol. The molecule has 1 amide bonds. The zero-order valence-corrected chi connectivity index (χ0v) is 14.3. The molecule has 24 heavy (non-hydrogen) atoms. The summed E-state index contributed by atoms with van der Waals surface area (Å²) in [5.41, 5.74) is 2.73. The largest absolute Gasteiger partial charge is 0.307 e. The predicted octanol–water partition coefficient (Wildman–Crippen LogP) is 3.82.